The molecule has 0 atom stereocenters. The van der Waals surface area contributed by atoms with Crippen LogP contribution in [0.1, 0.15) is 24.8 Å². The van der Waals surface area contributed by atoms with Crippen molar-refractivity contribution in [2.45, 2.75) is 106 Å². The predicted octanol–water partition coefficient (Wildman–Crippen LogP) is 9.35. The number of rotatable bonds is 8. The van der Waals surface area contributed by atoms with Crippen molar-refractivity contribution in [3.63, 3.8) is 0 Å². The van der Waals surface area contributed by atoms with E-state index < -0.39 is 46.6 Å². The predicted molar refractivity (Wildman–Crippen MR) is 165 cm³/mol. The van der Waals surface area contributed by atoms with Gasteiger partial charge in [-0.2, -0.15) is 0 Å². The van der Waals surface area contributed by atoms with Crippen LogP contribution in [-0.4, -0.2) is 51.8 Å². The molecule has 0 amide bonds. The molecular weight excluding hydrogens is 525 g/mol. The molecule has 0 bridgehead atoms. The van der Waals surface area contributed by atoms with E-state index in [1.165, 1.54) is 18.4 Å². The minimum atomic E-state index is -1.79. The number of hydrogen-bond acceptors (Lipinski definition) is 1. The van der Waals surface area contributed by atoms with E-state index in [-0.39, 0.29) is 0 Å². The van der Waals surface area contributed by atoms with Crippen LogP contribution in [0.2, 0.25) is 86.6 Å². The Morgan fingerprint density at radius 2 is 1.15 bits per heavy atom. The Labute approximate surface area is 214 Å². The van der Waals surface area contributed by atoms with Crippen LogP contribution >= 0.6 is 0 Å². The third-order valence-electron chi connectivity index (χ3n) is 7.03. The van der Waals surface area contributed by atoms with Crippen molar-refractivity contribution in [3.05, 3.63) is 52.0 Å². The summed E-state index contributed by atoms with van der Waals surface area (Å²) in [5.74, 6) is 0.585. The quantitative estimate of drug-likeness (QED) is 0.242. The van der Waals surface area contributed by atoms with Crippen LogP contribution in [0, 0.1) is 0 Å². The summed E-state index contributed by atoms with van der Waals surface area (Å²) in [5.41, 5.74) is 2.35. The van der Waals surface area contributed by atoms with Crippen molar-refractivity contribution in [1.29, 1.82) is 0 Å². The Kier molecular flexibility index (Phi) is 9.26. The van der Waals surface area contributed by atoms with Gasteiger partial charge in [0.25, 0.3) is 0 Å². The summed E-state index contributed by atoms with van der Waals surface area (Å²) in [7, 11) is -5.59. The monoisotopic (exact) mass is 577 g/mol. The summed E-state index contributed by atoms with van der Waals surface area (Å²) in [6.07, 6.45) is 6.08. The van der Waals surface area contributed by atoms with Crippen LogP contribution < -0.4 is 0 Å². The maximum absolute atomic E-state index is 11.7. The first kappa shape index (κ1) is 29.1. The molecule has 1 nitrogen and oxygen atoms in total. The van der Waals surface area contributed by atoms with Gasteiger partial charge in [-0.25, -0.2) is 0 Å². The summed E-state index contributed by atoms with van der Waals surface area (Å²) in [4.78, 5) is 0. The molecule has 33 heavy (non-hydrogen) atoms. The van der Waals surface area contributed by atoms with E-state index in [1.807, 2.05) is 0 Å². The zero-order chi connectivity index (χ0) is 25.4. The minimum absolute atomic E-state index is 0.585. The Morgan fingerprint density at radius 3 is 1.55 bits per heavy atom. The molecule has 1 aliphatic carbocycles. The maximum atomic E-state index is 11.7. The Bertz CT molecular complexity index is 805. The van der Waals surface area contributed by atoms with Gasteiger partial charge in [0.2, 0.25) is 0 Å². The summed E-state index contributed by atoms with van der Waals surface area (Å²) in [5, 5.41) is 11.7. The van der Waals surface area contributed by atoms with Crippen molar-refractivity contribution in [3.8, 4) is 0 Å². The summed E-state index contributed by atoms with van der Waals surface area (Å²) < 4.78 is 3.65. The molecule has 1 N–H and O–H groups in total. The van der Waals surface area contributed by atoms with E-state index in [4.69, 9.17) is 0 Å². The fraction of sp³-hybridized carbons (Fsp3) is 0.630. The van der Waals surface area contributed by atoms with Gasteiger partial charge in [-0.15, -0.1) is 0 Å². The second-order valence-electron chi connectivity index (χ2n) is 14.5. The number of hydrogen-bond donors (Lipinski definition) is 1. The second-order valence-corrected chi connectivity index (χ2v) is 47.2. The van der Waals surface area contributed by atoms with Crippen LogP contribution in [-0.2, 0) is 0 Å². The van der Waals surface area contributed by atoms with Crippen LogP contribution in [0.15, 0.2) is 46.4 Å². The number of aliphatic hydroxyl groups excluding tert-OH is 1. The van der Waals surface area contributed by atoms with Gasteiger partial charge in [0.1, 0.15) is 0 Å². The average molecular weight is 577 g/mol. The van der Waals surface area contributed by atoms with Gasteiger partial charge < -0.3 is 0 Å². The molecule has 0 spiro atoms. The normalized spacial score (nSPS) is 18.2. The SMILES string of the molecule is C[Si](C)(C)[CH]([Ge]([C]1=CCCC/C1=C(/O)c1ccccc1)[CH]([Si](C)(C)C)[Si](C)(C)C)[Si](C)(C)C. The Hall–Kier alpha value is -0.0896. The fourth-order valence-electron chi connectivity index (χ4n) is 7.03. The molecule has 0 saturated heterocycles. The Balaban J connectivity index is 2.90. The molecule has 0 aliphatic heterocycles. The summed E-state index contributed by atoms with van der Waals surface area (Å²) >= 11 is -1.79. The molecule has 0 aromatic heterocycles. The third kappa shape index (κ3) is 7.21. The van der Waals surface area contributed by atoms with Gasteiger partial charge in [0.05, 0.1) is 0 Å². The van der Waals surface area contributed by atoms with Crippen molar-refractivity contribution in [1.82, 2.24) is 0 Å². The van der Waals surface area contributed by atoms with E-state index in [9.17, 15) is 5.11 Å². The number of benzene rings is 1. The van der Waals surface area contributed by atoms with Crippen molar-refractivity contribution < 1.29 is 5.11 Å². The van der Waals surface area contributed by atoms with E-state index in [0.29, 0.717) is 5.76 Å². The van der Waals surface area contributed by atoms with Gasteiger partial charge in [0, 0.05) is 0 Å². The zero-order valence-electron chi connectivity index (χ0n) is 23.7. The van der Waals surface area contributed by atoms with E-state index >= 15 is 0 Å². The molecule has 0 unspecified atom stereocenters. The summed E-state index contributed by atoms with van der Waals surface area (Å²) in [6, 6.07) is 10.4. The number of allylic oxidation sites excluding steroid dienone is 3. The molecule has 185 valence electrons. The topological polar surface area (TPSA) is 20.2 Å². The van der Waals surface area contributed by atoms with Crippen LogP contribution in [0.4, 0.5) is 0 Å². The van der Waals surface area contributed by atoms with Gasteiger partial charge >= 0.3 is 215 Å². The second kappa shape index (κ2) is 10.5. The molecule has 1 aliphatic rings. The molecular formula is C27H51GeOSi4. The van der Waals surface area contributed by atoms with Crippen molar-refractivity contribution in [2.24, 2.45) is 0 Å². The van der Waals surface area contributed by atoms with Crippen LogP contribution in [0.25, 0.3) is 5.76 Å². The molecule has 0 heterocycles. The molecule has 1 aromatic rings. The van der Waals surface area contributed by atoms with Crippen LogP contribution in [0.5, 0.6) is 0 Å². The van der Waals surface area contributed by atoms with Gasteiger partial charge in [-0.3, -0.25) is 0 Å². The first-order chi connectivity index (χ1) is 14.9. The van der Waals surface area contributed by atoms with Gasteiger partial charge in [0.15, 0.2) is 0 Å². The first-order valence-electron chi connectivity index (χ1n) is 12.9. The third-order valence-corrected chi connectivity index (χ3v) is 57.6. The van der Waals surface area contributed by atoms with Gasteiger partial charge in [-0.05, 0) is 0 Å². The zero-order valence-corrected chi connectivity index (χ0v) is 29.8. The number of aliphatic hydroxyl groups is 1. The fourth-order valence-corrected chi connectivity index (χ4v) is 69.2. The average Bonchev–Trinajstić information content (AvgIpc) is 2.63. The van der Waals surface area contributed by atoms with Crippen LogP contribution in [0.3, 0.4) is 0 Å². The molecule has 2 rings (SSSR count). The first-order valence-corrected chi connectivity index (χ1v) is 30.7. The van der Waals surface area contributed by atoms with Gasteiger partial charge in [-0.1, -0.05) is 0 Å². The Morgan fingerprint density at radius 1 is 0.727 bits per heavy atom. The molecule has 0 saturated carbocycles. The molecule has 0 fully saturated rings. The molecule has 1 radical (unpaired) electrons. The summed E-state index contributed by atoms with van der Waals surface area (Å²) in [6.45, 7) is 32.0. The molecule has 1 aromatic carbocycles. The standard InChI is InChI=1S/C27H51GeOSi4/c1-30(2,3)26(31(4,5)6)28(27(32(7,8)9)33(10,11)12)24-21-17-16-20-23(24)25(29)22-18-14-13-15-19-22/h13-15,18-19,21,26-27,29H,16-17,20H2,1-12H3/b25-23-. The molecule has 6 heteroatoms. The van der Waals surface area contributed by atoms with Crippen molar-refractivity contribution in [2.75, 3.05) is 0 Å². The van der Waals surface area contributed by atoms with E-state index in [0.717, 1.165) is 20.0 Å². The van der Waals surface area contributed by atoms with Crippen molar-refractivity contribution >= 4 is 52.4 Å². The van der Waals surface area contributed by atoms with E-state index in [1.54, 1.807) is 4.41 Å². The van der Waals surface area contributed by atoms with E-state index in [2.05, 4.69) is 115 Å².